The molecule has 9 heteroatoms. The van der Waals surface area contributed by atoms with Crippen molar-refractivity contribution in [2.24, 2.45) is 0 Å². The van der Waals surface area contributed by atoms with Gasteiger partial charge in [-0.15, -0.1) is 11.3 Å². The van der Waals surface area contributed by atoms with Gasteiger partial charge in [0, 0.05) is 18.3 Å². The van der Waals surface area contributed by atoms with Gasteiger partial charge in [-0.3, -0.25) is 4.79 Å². The first-order chi connectivity index (χ1) is 11.9. The number of benzene rings is 1. The molecule has 0 saturated carbocycles. The van der Waals surface area contributed by atoms with Gasteiger partial charge in [-0.2, -0.15) is 0 Å². The molecule has 2 N–H and O–H groups in total. The molecule has 2 heterocycles. The Morgan fingerprint density at radius 2 is 2.24 bits per heavy atom. The summed E-state index contributed by atoms with van der Waals surface area (Å²) in [5.74, 6) is -0.772. The first-order valence-electron chi connectivity index (χ1n) is 7.56. The predicted molar refractivity (Wildman–Crippen MR) is 97.2 cm³/mol. The lowest BCUT2D eigenvalue weighted by Gasteiger charge is -2.07. The van der Waals surface area contributed by atoms with Crippen LogP contribution in [0.25, 0.3) is 0 Å². The third-order valence-corrected chi connectivity index (χ3v) is 6.60. The molecule has 1 aliphatic rings. The van der Waals surface area contributed by atoms with Crippen molar-refractivity contribution in [3.63, 3.8) is 0 Å². The lowest BCUT2D eigenvalue weighted by Crippen LogP contribution is -2.30. The van der Waals surface area contributed by atoms with Gasteiger partial charge in [-0.25, -0.2) is 13.3 Å². The molecule has 2 unspecified atom stereocenters. The summed E-state index contributed by atoms with van der Waals surface area (Å²) in [7, 11) is -1.46. The molecule has 25 heavy (non-hydrogen) atoms. The quantitative estimate of drug-likeness (QED) is 0.804. The highest BCUT2D eigenvalue weighted by Crippen LogP contribution is 2.30. The average molecular weight is 403 g/mol. The molecule has 3 rings (SSSR count). The van der Waals surface area contributed by atoms with Crippen LogP contribution in [0, 0.1) is 12.7 Å². The van der Waals surface area contributed by atoms with Crippen molar-refractivity contribution in [2.75, 3.05) is 18.5 Å². The highest BCUT2D eigenvalue weighted by molar-refractivity contribution is 7.85. The summed E-state index contributed by atoms with van der Waals surface area (Å²) < 4.78 is 34.6. The summed E-state index contributed by atoms with van der Waals surface area (Å²) in [5.41, 5.74) is 1.13. The smallest absolute Gasteiger partial charge is 0.258 e. The van der Waals surface area contributed by atoms with Crippen molar-refractivity contribution in [3.05, 3.63) is 45.5 Å². The Morgan fingerprint density at radius 3 is 2.92 bits per heavy atom. The molecule has 1 aromatic heterocycles. The van der Waals surface area contributed by atoms with Gasteiger partial charge in [0.2, 0.25) is 0 Å². The molecular weight excluding hydrogens is 387 g/mol. The molecule has 2 atom stereocenters. The van der Waals surface area contributed by atoms with E-state index in [0.717, 1.165) is 17.8 Å². The van der Waals surface area contributed by atoms with E-state index < -0.39 is 16.9 Å². The summed E-state index contributed by atoms with van der Waals surface area (Å²) >= 11 is 7.23. The Labute approximate surface area is 156 Å². The van der Waals surface area contributed by atoms with Gasteiger partial charge in [0.15, 0.2) is 0 Å². The second-order valence-electron chi connectivity index (χ2n) is 5.62. The van der Waals surface area contributed by atoms with Gasteiger partial charge < -0.3 is 10.1 Å². The number of nitrogens with one attached hydrogen (secondary N) is 2. The number of anilines is 1. The molecule has 1 fully saturated rings. The minimum Gasteiger partial charge on any atom is -0.380 e. The summed E-state index contributed by atoms with van der Waals surface area (Å²) in [6.45, 7) is 2.77. The zero-order valence-electron chi connectivity index (χ0n) is 13.3. The normalized spacial score (nSPS) is 18.3. The summed E-state index contributed by atoms with van der Waals surface area (Å²) in [6.07, 6.45) is 0.794. The first-order valence-corrected chi connectivity index (χ1v) is 9.91. The minimum absolute atomic E-state index is 0.0289. The molecule has 5 nitrogen and oxygen atoms in total. The fraction of sp³-hybridized carbons (Fsp3) is 0.312. The Morgan fingerprint density at radius 1 is 1.44 bits per heavy atom. The number of carbonyl (C=O) groups excluding carboxylic acids is 1. The fourth-order valence-corrected chi connectivity index (χ4v) is 5.02. The van der Waals surface area contributed by atoms with Crippen molar-refractivity contribution < 1.29 is 18.1 Å². The van der Waals surface area contributed by atoms with Crippen LogP contribution in [0.5, 0.6) is 0 Å². The number of amides is 1. The SMILES string of the molecule is Cc1cc(NC(=O)c2cc(S(=O)NC3CCOC3)sc2Cl)ccc1F. The van der Waals surface area contributed by atoms with Gasteiger partial charge >= 0.3 is 0 Å². The van der Waals surface area contributed by atoms with Crippen LogP contribution < -0.4 is 10.0 Å². The minimum atomic E-state index is -1.46. The van der Waals surface area contributed by atoms with Crippen LogP contribution in [-0.2, 0) is 15.7 Å². The number of rotatable bonds is 5. The fourth-order valence-electron chi connectivity index (χ4n) is 2.35. The number of ether oxygens (including phenoxy) is 1. The van der Waals surface area contributed by atoms with Crippen LogP contribution in [0.1, 0.15) is 22.3 Å². The van der Waals surface area contributed by atoms with E-state index in [9.17, 15) is 13.4 Å². The zero-order valence-corrected chi connectivity index (χ0v) is 15.7. The predicted octanol–water partition coefficient (Wildman–Crippen LogP) is 3.50. The lowest BCUT2D eigenvalue weighted by molar-refractivity contribution is 0.102. The molecule has 0 aliphatic carbocycles. The second-order valence-corrected chi connectivity index (χ2v) is 8.74. The van der Waals surface area contributed by atoms with E-state index in [0.29, 0.717) is 28.7 Å². The summed E-state index contributed by atoms with van der Waals surface area (Å²) in [5, 5.41) is 2.67. The molecule has 1 aromatic carbocycles. The third-order valence-electron chi connectivity index (χ3n) is 3.71. The van der Waals surface area contributed by atoms with Crippen LogP contribution in [0.2, 0.25) is 4.34 Å². The lowest BCUT2D eigenvalue weighted by atomic mass is 10.2. The van der Waals surface area contributed by atoms with Crippen LogP contribution >= 0.6 is 22.9 Å². The maximum absolute atomic E-state index is 13.3. The second kappa shape index (κ2) is 7.92. The van der Waals surface area contributed by atoms with Crippen LogP contribution in [-0.4, -0.2) is 29.4 Å². The van der Waals surface area contributed by atoms with E-state index in [2.05, 4.69) is 10.0 Å². The van der Waals surface area contributed by atoms with Crippen molar-refractivity contribution in [3.8, 4) is 0 Å². The van der Waals surface area contributed by atoms with Crippen molar-refractivity contribution in [2.45, 2.75) is 23.6 Å². The standard InChI is InChI=1S/C16H16ClFN2O3S2/c1-9-6-10(2-3-13(9)18)19-16(21)12-7-14(24-15(12)17)25(22)20-11-4-5-23-8-11/h2-3,6-7,11,20H,4-5,8H2,1H3,(H,19,21). The Bertz CT molecular complexity index is 822. The molecule has 1 amide bonds. The van der Waals surface area contributed by atoms with Gasteiger partial charge in [0.1, 0.15) is 25.3 Å². The molecule has 0 spiro atoms. The number of carbonyl (C=O) groups is 1. The van der Waals surface area contributed by atoms with Crippen molar-refractivity contribution in [1.82, 2.24) is 4.72 Å². The highest BCUT2D eigenvalue weighted by Gasteiger charge is 2.22. The van der Waals surface area contributed by atoms with Gasteiger partial charge in [0.05, 0.1) is 12.2 Å². The van der Waals surface area contributed by atoms with E-state index in [-0.39, 0.29) is 21.8 Å². The van der Waals surface area contributed by atoms with E-state index in [4.69, 9.17) is 16.3 Å². The van der Waals surface area contributed by atoms with E-state index in [1.165, 1.54) is 24.3 Å². The van der Waals surface area contributed by atoms with Gasteiger partial charge in [-0.05, 0) is 43.2 Å². The number of thiophene rings is 1. The average Bonchev–Trinajstić information content (AvgIpc) is 3.20. The maximum Gasteiger partial charge on any atom is 0.258 e. The number of hydrogen-bond acceptors (Lipinski definition) is 4. The van der Waals surface area contributed by atoms with Gasteiger partial charge in [-0.1, -0.05) is 11.6 Å². The summed E-state index contributed by atoms with van der Waals surface area (Å²) in [4.78, 5) is 12.4. The number of hydrogen-bond donors (Lipinski definition) is 2. The summed E-state index contributed by atoms with van der Waals surface area (Å²) in [6, 6.07) is 5.84. The van der Waals surface area contributed by atoms with Gasteiger partial charge in [0.25, 0.3) is 5.91 Å². The monoisotopic (exact) mass is 402 g/mol. The van der Waals surface area contributed by atoms with Crippen LogP contribution in [0.4, 0.5) is 10.1 Å². The Balaban J connectivity index is 1.71. The Kier molecular flexibility index (Phi) is 5.85. The molecular formula is C16H16ClFN2O3S2. The van der Waals surface area contributed by atoms with Crippen molar-refractivity contribution >= 4 is 45.5 Å². The maximum atomic E-state index is 13.3. The zero-order chi connectivity index (χ0) is 18.0. The van der Waals surface area contributed by atoms with E-state index in [1.807, 2.05) is 0 Å². The van der Waals surface area contributed by atoms with Crippen molar-refractivity contribution in [1.29, 1.82) is 0 Å². The molecule has 1 aliphatic heterocycles. The molecule has 134 valence electrons. The van der Waals surface area contributed by atoms with E-state index in [1.54, 1.807) is 6.92 Å². The topological polar surface area (TPSA) is 67.4 Å². The molecule has 2 aromatic rings. The molecule has 0 radical (unpaired) electrons. The van der Waals surface area contributed by atoms with Crippen LogP contribution in [0.3, 0.4) is 0 Å². The van der Waals surface area contributed by atoms with E-state index >= 15 is 0 Å². The molecule has 0 bridgehead atoms. The largest absolute Gasteiger partial charge is 0.380 e. The number of halogens is 2. The third kappa shape index (κ3) is 4.45. The van der Waals surface area contributed by atoms with Crippen LogP contribution in [0.15, 0.2) is 28.5 Å². The Hall–Kier alpha value is -1.32. The first kappa shape index (κ1) is 18.5. The number of aryl methyl sites for hydroxylation is 1. The highest BCUT2D eigenvalue weighted by atomic mass is 35.5. The molecule has 1 saturated heterocycles.